The smallest absolute Gasteiger partial charge is 0.312 e. The van der Waals surface area contributed by atoms with Crippen molar-refractivity contribution in [3.63, 3.8) is 0 Å². The molecule has 5 aromatic rings. The third kappa shape index (κ3) is 9.87. The molecule has 1 amide bonds. The number of hydrogen-bond donors (Lipinski definition) is 2. The van der Waals surface area contributed by atoms with Crippen LogP contribution in [0.25, 0.3) is 22.2 Å². The quantitative estimate of drug-likeness (QED) is 0.0675. The monoisotopic (exact) mass is 851 g/mol. The summed E-state index contributed by atoms with van der Waals surface area (Å²) in [5, 5.41) is 13.6. The number of nitrogens with one attached hydrogen (secondary N) is 2. The lowest BCUT2D eigenvalue weighted by molar-refractivity contribution is -0.386. The zero-order valence-electron chi connectivity index (χ0n) is 33.6. The molecule has 14 heteroatoms. The first kappa shape index (κ1) is 41.5. The normalized spacial score (nSPS) is 17.9. The van der Waals surface area contributed by atoms with E-state index in [9.17, 15) is 14.9 Å². The molecule has 4 heterocycles. The summed E-state index contributed by atoms with van der Waals surface area (Å²) in [5.74, 6) is 0.308. The number of aromatic amines is 1. The molecular weight excluding hydrogens is 805 g/mol. The Morgan fingerprint density at radius 1 is 1.03 bits per heavy atom. The Hall–Kier alpha value is -5.21. The van der Waals surface area contributed by atoms with Crippen molar-refractivity contribution < 1.29 is 28.3 Å². The predicted molar refractivity (Wildman–Crippen MR) is 233 cm³/mol. The van der Waals surface area contributed by atoms with Crippen molar-refractivity contribution in [3.8, 4) is 17.2 Å². The molecule has 2 aliphatic heterocycles. The number of H-pyrrole nitrogens is 1. The number of benzene rings is 3. The largest absolute Gasteiger partial charge is 0.483 e. The summed E-state index contributed by atoms with van der Waals surface area (Å²) in [5.41, 5.74) is 5.58. The van der Waals surface area contributed by atoms with Gasteiger partial charge in [-0.2, -0.15) is 0 Å². The zero-order valence-corrected chi connectivity index (χ0v) is 35.2. The lowest BCUT2D eigenvalue weighted by Gasteiger charge is -2.36. The highest BCUT2D eigenvalue weighted by molar-refractivity contribution is 7.98. The SMILES string of the molecule is CC1(C)CCC(CN2CC=C(c3ccc(C(=O)NSc4ccc(OCC5(F)CCOCC5)c([N+](=O)[O-])c4)c(Oc4cnc5[nH]ccc5c4)c3)CC2)=C(c2ccc(Cl)cc2)C1. The molecule has 0 radical (unpaired) electrons. The standard InChI is InChI=1S/C46H47ClFN5O6S/c1-45(2)15-11-34(39(26-45)31-3-6-35(47)7-4-31)28-52-19-13-30(14-20-52)32-5-9-38(42(24-32)59-36-23-33-12-18-49-43(33)50-27-36)44(54)51-60-37-8-10-41(40(25-37)53(55)56)58-29-46(48)16-21-57-22-17-46/h3-10,12-13,18,23-25,27H,11,14-17,19-22,26,28-29H2,1-2H3,(H,49,50)(H,51,54). The first-order chi connectivity index (χ1) is 28.9. The first-order valence-electron chi connectivity index (χ1n) is 20.2. The molecule has 2 N–H and O–H groups in total. The van der Waals surface area contributed by atoms with E-state index in [2.05, 4.69) is 51.6 Å². The van der Waals surface area contributed by atoms with Gasteiger partial charge < -0.3 is 19.2 Å². The molecule has 0 saturated carbocycles. The van der Waals surface area contributed by atoms with Crippen LogP contribution >= 0.6 is 23.5 Å². The Morgan fingerprint density at radius 2 is 1.83 bits per heavy atom. The van der Waals surface area contributed by atoms with Gasteiger partial charge in [-0.25, -0.2) is 9.37 Å². The highest BCUT2D eigenvalue weighted by atomic mass is 35.5. The number of amides is 1. The molecule has 312 valence electrons. The number of ether oxygens (including phenoxy) is 3. The fraction of sp³-hybridized carbons (Fsp3) is 0.348. The van der Waals surface area contributed by atoms with Crippen molar-refractivity contribution in [3.05, 3.63) is 129 Å². The Bertz CT molecular complexity index is 2460. The minimum absolute atomic E-state index is 0.0450. The van der Waals surface area contributed by atoms with Crippen molar-refractivity contribution >= 4 is 57.3 Å². The molecule has 1 fully saturated rings. The van der Waals surface area contributed by atoms with E-state index < -0.39 is 16.5 Å². The fourth-order valence-corrected chi connectivity index (χ4v) is 8.77. The summed E-state index contributed by atoms with van der Waals surface area (Å²) in [6.07, 6.45) is 10.1. The van der Waals surface area contributed by atoms with E-state index in [1.807, 2.05) is 36.4 Å². The fourth-order valence-electron chi connectivity index (χ4n) is 8.02. The molecule has 0 unspecified atom stereocenters. The van der Waals surface area contributed by atoms with Gasteiger partial charge in [0.25, 0.3) is 5.91 Å². The highest BCUT2D eigenvalue weighted by Crippen LogP contribution is 2.44. The summed E-state index contributed by atoms with van der Waals surface area (Å²) in [6, 6.07) is 21.9. The molecule has 1 saturated heterocycles. The van der Waals surface area contributed by atoms with Gasteiger partial charge in [0.05, 0.1) is 16.7 Å². The van der Waals surface area contributed by atoms with Crippen LogP contribution in [0.2, 0.25) is 5.02 Å². The topological polar surface area (TPSA) is 132 Å². The lowest BCUT2D eigenvalue weighted by Crippen LogP contribution is -2.37. The molecular formula is C46H47ClFN5O6S. The van der Waals surface area contributed by atoms with Crippen molar-refractivity contribution in [1.82, 2.24) is 19.6 Å². The molecule has 0 atom stereocenters. The van der Waals surface area contributed by atoms with Gasteiger partial charge in [0.2, 0.25) is 0 Å². The maximum atomic E-state index is 15.1. The van der Waals surface area contributed by atoms with Crippen molar-refractivity contribution in [2.45, 2.75) is 62.9 Å². The Kier molecular flexibility index (Phi) is 12.3. The third-order valence-electron chi connectivity index (χ3n) is 11.5. The first-order valence-corrected chi connectivity index (χ1v) is 21.4. The molecule has 8 rings (SSSR count). The minimum Gasteiger partial charge on any atom is -0.483 e. The molecule has 3 aliphatic rings. The maximum absolute atomic E-state index is 15.1. The van der Waals surface area contributed by atoms with Crippen LogP contribution in [0.15, 0.2) is 102 Å². The van der Waals surface area contributed by atoms with Crippen LogP contribution in [-0.4, -0.2) is 70.8 Å². The van der Waals surface area contributed by atoms with Crippen molar-refractivity contribution in [2.24, 2.45) is 5.41 Å². The number of halogens is 2. The molecule has 0 spiro atoms. The third-order valence-corrected chi connectivity index (χ3v) is 12.6. The Labute approximate surface area is 357 Å². The molecule has 60 heavy (non-hydrogen) atoms. The van der Waals surface area contributed by atoms with Crippen LogP contribution in [0.1, 0.15) is 73.9 Å². The van der Waals surface area contributed by atoms with Gasteiger partial charge in [-0.15, -0.1) is 0 Å². The summed E-state index contributed by atoms with van der Waals surface area (Å²) in [7, 11) is 0. The number of carbonyl (C=O) groups excluding carboxylic acids is 1. The Balaban J connectivity index is 0.992. The number of nitro benzene ring substituents is 1. The second-order valence-electron chi connectivity index (χ2n) is 16.5. The molecule has 11 nitrogen and oxygen atoms in total. The van der Waals surface area contributed by atoms with E-state index >= 15 is 4.39 Å². The van der Waals surface area contributed by atoms with E-state index in [4.69, 9.17) is 25.8 Å². The van der Waals surface area contributed by atoms with Crippen LogP contribution in [-0.2, 0) is 4.74 Å². The number of alkyl halides is 1. The second-order valence-corrected chi connectivity index (χ2v) is 17.8. The van der Waals surface area contributed by atoms with Gasteiger partial charge in [-0.1, -0.05) is 55.3 Å². The van der Waals surface area contributed by atoms with E-state index in [0.717, 1.165) is 73.2 Å². The van der Waals surface area contributed by atoms with Crippen LogP contribution in [0.5, 0.6) is 17.2 Å². The zero-order chi connectivity index (χ0) is 41.9. The highest BCUT2D eigenvalue weighted by Gasteiger charge is 2.34. The van der Waals surface area contributed by atoms with Gasteiger partial charge in [0, 0.05) is 73.3 Å². The van der Waals surface area contributed by atoms with E-state index in [0.29, 0.717) is 22.0 Å². The summed E-state index contributed by atoms with van der Waals surface area (Å²) >= 11 is 7.17. The molecule has 1 aliphatic carbocycles. The number of aromatic nitrogens is 2. The van der Waals surface area contributed by atoms with Gasteiger partial charge in [-0.05, 0) is 114 Å². The number of rotatable bonds is 13. The second kappa shape index (κ2) is 17.8. The predicted octanol–water partition coefficient (Wildman–Crippen LogP) is 11.0. The number of nitro groups is 1. The lowest BCUT2D eigenvalue weighted by atomic mass is 9.72. The van der Waals surface area contributed by atoms with Gasteiger partial charge in [0.15, 0.2) is 5.75 Å². The van der Waals surface area contributed by atoms with Gasteiger partial charge in [-0.3, -0.25) is 24.5 Å². The van der Waals surface area contributed by atoms with E-state index in [1.54, 1.807) is 24.5 Å². The van der Waals surface area contributed by atoms with Gasteiger partial charge >= 0.3 is 5.69 Å². The average molecular weight is 852 g/mol. The van der Waals surface area contributed by atoms with Crippen LogP contribution in [0.3, 0.4) is 0 Å². The number of nitrogens with zero attached hydrogens (tertiary/aromatic N) is 3. The summed E-state index contributed by atoms with van der Waals surface area (Å²) < 4.78 is 35.2. The van der Waals surface area contributed by atoms with Crippen LogP contribution in [0, 0.1) is 15.5 Å². The van der Waals surface area contributed by atoms with E-state index in [1.165, 1.54) is 34.4 Å². The number of fused-ring (bicyclic) bond motifs is 1. The van der Waals surface area contributed by atoms with Crippen molar-refractivity contribution in [1.29, 1.82) is 0 Å². The molecule has 2 aromatic heterocycles. The van der Waals surface area contributed by atoms with E-state index in [-0.39, 0.29) is 55.1 Å². The number of hydrogen-bond acceptors (Lipinski definition) is 9. The number of pyridine rings is 1. The molecule has 3 aromatic carbocycles. The average Bonchev–Trinajstić information content (AvgIpc) is 3.72. The van der Waals surface area contributed by atoms with Crippen LogP contribution in [0.4, 0.5) is 10.1 Å². The Morgan fingerprint density at radius 3 is 2.60 bits per heavy atom. The maximum Gasteiger partial charge on any atom is 0.312 e. The van der Waals surface area contributed by atoms with Crippen LogP contribution < -0.4 is 14.2 Å². The summed E-state index contributed by atoms with van der Waals surface area (Å²) in [6.45, 7) is 7.50. The van der Waals surface area contributed by atoms with Crippen molar-refractivity contribution in [2.75, 3.05) is 39.5 Å². The van der Waals surface area contributed by atoms with Gasteiger partial charge in [0.1, 0.15) is 29.4 Å². The number of carbonyl (C=O) groups is 1. The number of allylic oxidation sites excluding steroid dienone is 1. The minimum atomic E-state index is -1.62. The molecule has 0 bridgehead atoms. The summed E-state index contributed by atoms with van der Waals surface area (Å²) in [4.78, 5) is 35.7.